The SMILES string of the molecule is CCN1CCCC(Nc2ncccc2C#N)C1. The molecule has 4 nitrogen and oxygen atoms in total. The number of anilines is 1. The van der Waals surface area contributed by atoms with Crippen LogP contribution in [0.4, 0.5) is 5.82 Å². The van der Waals surface area contributed by atoms with Crippen LogP contribution in [0, 0.1) is 11.3 Å². The van der Waals surface area contributed by atoms with Crippen LogP contribution in [0.25, 0.3) is 0 Å². The first-order valence-electron chi connectivity index (χ1n) is 6.17. The molecule has 1 aliphatic heterocycles. The maximum absolute atomic E-state index is 9.01. The van der Waals surface area contributed by atoms with Gasteiger partial charge in [0.15, 0.2) is 0 Å². The fraction of sp³-hybridized carbons (Fsp3) is 0.538. The van der Waals surface area contributed by atoms with Crippen molar-refractivity contribution in [3.05, 3.63) is 23.9 Å². The normalized spacial score (nSPS) is 20.8. The first-order valence-corrected chi connectivity index (χ1v) is 6.17. The Morgan fingerprint density at radius 2 is 2.53 bits per heavy atom. The number of nitriles is 1. The second-order valence-corrected chi connectivity index (χ2v) is 4.39. The molecule has 17 heavy (non-hydrogen) atoms. The quantitative estimate of drug-likeness (QED) is 0.861. The molecule has 90 valence electrons. The van der Waals surface area contributed by atoms with Gasteiger partial charge in [0.05, 0.1) is 5.56 Å². The number of rotatable bonds is 3. The number of piperidine rings is 1. The minimum absolute atomic E-state index is 0.408. The van der Waals surface area contributed by atoms with Gasteiger partial charge in [0.25, 0.3) is 0 Å². The molecule has 0 spiro atoms. The average Bonchev–Trinajstić information content (AvgIpc) is 2.39. The Morgan fingerprint density at radius 1 is 1.65 bits per heavy atom. The van der Waals surface area contributed by atoms with Gasteiger partial charge in [-0.15, -0.1) is 0 Å². The first kappa shape index (κ1) is 11.9. The van der Waals surface area contributed by atoms with E-state index in [0.717, 1.165) is 25.3 Å². The van der Waals surface area contributed by atoms with Gasteiger partial charge < -0.3 is 10.2 Å². The third-order valence-electron chi connectivity index (χ3n) is 3.22. The summed E-state index contributed by atoms with van der Waals surface area (Å²) < 4.78 is 0. The van der Waals surface area contributed by atoms with E-state index in [1.165, 1.54) is 13.0 Å². The van der Waals surface area contributed by atoms with Crippen LogP contribution < -0.4 is 5.32 Å². The van der Waals surface area contributed by atoms with Gasteiger partial charge in [-0.25, -0.2) is 4.98 Å². The molecule has 0 amide bonds. The second kappa shape index (κ2) is 5.65. The van der Waals surface area contributed by atoms with Crippen molar-refractivity contribution in [1.29, 1.82) is 5.26 Å². The predicted octanol–water partition coefficient (Wildman–Crippen LogP) is 1.85. The van der Waals surface area contributed by atoms with Crippen LogP contribution in [-0.2, 0) is 0 Å². The number of likely N-dealkylation sites (N-methyl/N-ethyl adjacent to an activating group) is 1. The molecule has 4 heteroatoms. The van der Waals surface area contributed by atoms with Gasteiger partial charge in [0.1, 0.15) is 11.9 Å². The van der Waals surface area contributed by atoms with Crippen molar-refractivity contribution in [3.8, 4) is 6.07 Å². The lowest BCUT2D eigenvalue weighted by Crippen LogP contribution is -2.42. The van der Waals surface area contributed by atoms with E-state index < -0.39 is 0 Å². The largest absolute Gasteiger partial charge is 0.365 e. The lowest BCUT2D eigenvalue weighted by atomic mass is 10.1. The molecule has 1 atom stereocenters. The van der Waals surface area contributed by atoms with Gasteiger partial charge in [-0.1, -0.05) is 6.92 Å². The highest BCUT2D eigenvalue weighted by atomic mass is 15.2. The Labute approximate surface area is 102 Å². The molecule has 0 saturated carbocycles. The molecule has 1 saturated heterocycles. The van der Waals surface area contributed by atoms with Crippen LogP contribution in [0.3, 0.4) is 0 Å². The minimum atomic E-state index is 0.408. The molecule has 0 aromatic carbocycles. The number of nitrogens with one attached hydrogen (secondary N) is 1. The van der Waals surface area contributed by atoms with E-state index in [9.17, 15) is 0 Å². The summed E-state index contributed by atoms with van der Waals surface area (Å²) in [5.74, 6) is 0.720. The maximum Gasteiger partial charge on any atom is 0.144 e. The molecule has 1 unspecified atom stereocenters. The van der Waals surface area contributed by atoms with Crippen molar-refractivity contribution < 1.29 is 0 Å². The summed E-state index contributed by atoms with van der Waals surface area (Å²) in [5, 5.41) is 12.4. The third-order valence-corrected chi connectivity index (χ3v) is 3.22. The zero-order chi connectivity index (χ0) is 12.1. The Hall–Kier alpha value is -1.60. The molecule has 1 fully saturated rings. The molecule has 1 N–H and O–H groups in total. The Bertz CT molecular complexity index is 410. The Balaban J connectivity index is 2.03. The predicted molar refractivity (Wildman–Crippen MR) is 67.7 cm³/mol. The molecular weight excluding hydrogens is 212 g/mol. The van der Waals surface area contributed by atoms with Gasteiger partial charge in [0.2, 0.25) is 0 Å². The van der Waals surface area contributed by atoms with Crippen LogP contribution in [0.15, 0.2) is 18.3 Å². The zero-order valence-corrected chi connectivity index (χ0v) is 10.2. The van der Waals surface area contributed by atoms with Crippen LogP contribution in [-0.4, -0.2) is 35.6 Å². The van der Waals surface area contributed by atoms with E-state index in [1.807, 2.05) is 0 Å². The van der Waals surface area contributed by atoms with Gasteiger partial charge in [-0.2, -0.15) is 5.26 Å². The molecule has 2 rings (SSSR count). The van der Waals surface area contributed by atoms with Crippen LogP contribution >= 0.6 is 0 Å². The van der Waals surface area contributed by atoms with Crippen molar-refractivity contribution in [2.75, 3.05) is 25.0 Å². The third kappa shape index (κ3) is 2.95. The summed E-state index contributed by atoms with van der Waals surface area (Å²) in [6.07, 6.45) is 4.09. The van der Waals surface area contributed by atoms with E-state index in [1.54, 1.807) is 18.3 Å². The summed E-state index contributed by atoms with van der Waals surface area (Å²) in [5.41, 5.74) is 0.626. The summed E-state index contributed by atoms with van der Waals surface area (Å²) in [6.45, 7) is 5.50. The van der Waals surface area contributed by atoms with E-state index in [2.05, 4.69) is 28.2 Å². The van der Waals surface area contributed by atoms with Crippen LogP contribution in [0.2, 0.25) is 0 Å². The number of aromatic nitrogens is 1. The Kier molecular flexibility index (Phi) is 3.94. The van der Waals surface area contributed by atoms with E-state index in [0.29, 0.717) is 11.6 Å². The highest BCUT2D eigenvalue weighted by Gasteiger charge is 2.19. The maximum atomic E-state index is 9.01. The van der Waals surface area contributed by atoms with Crippen molar-refractivity contribution >= 4 is 5.82 Å². The van der Waals surface area contributed by atoms with E-state index in [-0.39, 0.29) is 0 Å². The van der Waals surface area contributed by atoms with E-state index >= 15 is 0 Å². The molecule has 2 heterocycles. The van der Waals surface area contributed by atoms with Crippen molar-refractivity contribution in [3.63, 3.8) is 0 Å². The van der Waals surface area contributed by atoms with Crippen LogP contribution in [0.5, 0.6) is 0 Å². The monoisotopic (exact) mass is 230 g/mol. The number of likely N-dealkylation sites (tertiary alicyclic amines) is 1. The molecule has 0 aliphatic carbocycles. The lowest BCUT2D eigenvalue weighted by molar-refractivity contribution is 0.226. The second-order valence-electron chi connectivity index (χ2n) is 4.39. The van der Waals surface area contributed by atoms with E-state index in [4.69, 9.17) is 5.26 Å². The fourth-order valence-corrected chi connectivity index (χ4v) is 2.26. The highest BCUT2D eigenvalue weighted by molar-refractivity contribution is 5.51. The highest BCUT2D eigenvalue weighted by Crippen LogP contribution is 2.16. The molecule has 1 aliphatic rings. The van der Waals surface area contributed by atoms with Gasteiger partial charge in [-0.05, 0) is 38.1 Å². The molecule has 0 radical (unpaired) electrons. The smallest absolute Gasteiger partial charge is 0.144 e. The number of pyridine rings is 1. The fourth-order valence-electron chi connectivity index (χ4n) is 2.26. The number of hydrogen-bond acceptors (Lipinski definition) is 4. The average molecular weight is 230 g/mol. The number of hydrogen-bond donors (Lipinski definition) is 1. The number of nitrogens with zero attached hydrogens (tertiary/aromatic N) is 3. The van der Waals surface area contributed by atoms with Crippen molar-refractivity contribution in [2.45, 2.75) is 25.8 Å². The lowest BCUT2D eigenvalue weighted by Gasteiger charge is -2.32. The summed E-state index contributed by atoms with van der Waals surface area (Å²) in [7, 11) is 0. The topological polar surface area (TPSA) is 52.0 Å². The van der Waals surface area contributed by atoms with Gasteiger partial charge in [0, 0.05) is 18.8 Å². The molecule has 1 aromatic rings. The van der Waals surface area contributed by atoms with Crippen molar-refractivity contribution in [1.82, 2.24) is 9.88 Å². The standard InChI is InChI=1S/C13H18N4/c1-2-17-8-4-6-12(10-17)16-13-11(9-14)5-3-7-15-13/h3,5,7,12H,2,4,6,8,10H2,1H3,(H,15,16). The summed E-state index contributed by atoms with van der Waals surface area (Å²) in [6, 6.07) is 6.18. The van der Waals surface area contributed by atoms with Crippen LogP contribution in [0.1, 0.15) is 25.3 Å². The summed E-state index contributed by atoms with van der Waals surface area (Å²) >= 11 is 0. The van der Waals surface area contributed by atoms with Crippen molar-refractivity contribution in [2.24, 2.45) is 0 Å². The minimum Gasteiger partial charge on any atom is -0.365 e. The molecule has 1 aromatic heterocycles. The zero-order valence-electron chi connectivity index (χ0n) is 10.2. The van der Waals surface area contributed by atoms with Gasteiger partial charge >= 0.3 is 0 Å². The molecule has 0 bridgehead atoms. The summed E-state index contributed by atoms with van der Waals surface area (Å²) in [4.78, 5) is 6.67. The Morgan fingerprint density at radius 3 is 3.29 bits per heavy atom. The first-order chi connectivity index (χ1) is 8.33. The molecular formula is C13H18N4. The van der Waals surface area contributed by atoms with Gasteiger partial charge in [-0.3, -0.25) is 0 Å².